The Kier molecular flexibility index (Phi) is 2.25. The lowest BCUT2D eigenvalue weighted by Crippen LogP contribution is -2.25. The van der Waals surface area contributed by atoms with Gasteiger partial charge in [-0.15, -0.1) is 6.58 Å². The molecular formula is C7H12O2. The number of rotatable bonds is 1. The zero-order valence-electron chi connectivity index (χ0n) is 5.42. The third-order valence-electron chi connectivity index (χ3n) is 1.53. The Bertz CT molecular complexity index is 101. The molecule has 1 rings (SSSR count). The largest absolute Gasteiger partial charge is 0.368 e. The first-order valence-electron chi connectivity index (χ1n) is 3.29. The second-order valence-corrected chi connectivity index (χ2v) is 2.30. The Morgan fingerprint density at radius 1 is 1.56 bits per heavy atom. The molecular weight excluding hydrogens is 116 g/mol. The summed E-state index contributed by atoms with van der Waals surface area (Å²) in [4.78, 5) is 0. The second-order valence-electron chi connectivity index (χ2n) is 2.30. The summed E-state index contributed by atoms with van der Waals surface area (Å²) in [6.45, 7) is 3.58. The third-order valence-corrected chi connectivity index (χ3v) is 1.53. The van der Waals surface area contributed by atoms with E-state index in [0.29, 0.717) is 0 Å². The second kappa shape index (κ2) is 2.99. The molecule has 1 saturated heterocycles. The van der Waals surface area contributed by atoms with Gasteiger partial charge in [0, 0.05) is 0 Å². The highest BCUT2D eigenvalue weighted by Gasteiger charge is 2.16. The van der Waals surface area contributed by atoms with E-state index < -0.39 is 6.29 Å². The minimum Gasteiger partial charge on any atom is -0.368 e. The van der Waals surface area contributed by atoms with Gasteiger partial charge in [0.1, 0.15) is 0 Å². The van der Waals surface area contributed by atoms with Crippen LogP contribution < -0.4 is 0 Å². The molecule has 2 atom stereocenters. The highest BCUT2D eigenvalue weighted by Crippen LogP contribution is 2.17. The van der Waals surface area contributed by atoms with Gasteiger partial charge in [0.25, 0.3) is 0 Å². The van der Waals surface area contributed by atoms with Gasteiger partial charge in [-0.05, 0) is 19.3 Å². The molecule has 1 aliphatic heterocycles. The maximum absolute atomic E-state index is 8.94. The normalized spacial score (nSPS) is 36.1. The lowest BCUT2D eigenvalue weighted by Gasteiger charge is -2.23. The van der Waals surface area contributed by atoms with Crippen LogP contribution in [0.3, 0.4) is 0 Å². The van der Waals surface area contributed by atoms with E-state index in [4.69, 9.17) is 9.84 Å². The SMILES string of the molecule is C=C[C@@H]1CCC[C@@H](O)O1. The Labute approximate surface area is 55.1 Å². The minimum atomic E-state index is -0.554. The van der Waals surface area contributed by atoms with Crippen LogP contribution in [0.1, 0.15) is 19.3 Å². The summed E-state index contributed by atoms with van der Waals surface area (Å²) in [7, 11) is 0. The first-order valence-corrected chi connectivity index (χ1v) is 3.29. The monoisotopic (exact) mass is 128 g/mol. The van der Waals surface area contributed by atoms with E-state index in [9.17, 15) is 0 Å². The first-order chi connectivity index (χ1) is 4.33. The van der Waals surface area contributed by atoms with Crippen molar-refractivity contribution < 1.29 is 9.84 Å². The topological polar surface area (TPSA) is 29.5 Å². The summed E-state index contributed by atoms with van der Waals surface area (Å²) >= 11 is 0. The van der Waals surface area contributed by atoms with Gasteiger partial charge in [0.05, 0.1) is 6.10 Å². The van der Waals surface area contributed by atoms with Crippen molar-refractivity contribution >= 4 is 0 Å². The molecule has 2 heteroatoms. The summed E-state index contributed by atoms with van der Waals surface area (Å²) in [5, 5.41) is 8.94. The highest BCUT2D eigenvalue weighted by atomic mass is 16.6. The Balaban J connectivity index is 2.31. The van der Waals surface area contributed by atoms with Crippen LogP contribution in [-0.2, 0) is 4.74 Å². The summed E-state index contributed by atoms with van der Waals surface area (Å²) in [5.74, 6) is 0. The van der Waals surface area contributed by atoms with Crippen molar-refractivity contribution in [3.63, 3.8) is 0 Å². The van der Waals surface area contributed by atoms with Gasteiger partial charge in [-0.3, -0.25) is 0 Å². The van der Waals surface area contributed by atoms with E-state index in [2.05, 4.69) is 6.58 Å². The molecule has 0 spiro atoms. The van der Waals surface area contributed by atoms with E-state index in [1.807, 2.05) is 0 Å². The molecule has 0 saturated carbocycles. The van der Waals surface area contributed by atoms with Gasteiger partial charge in [-0.1, -0.05) is 6.08 Å². The average molecular weight is 128 g/mol. The quantitative estimate of drug-likeness (QED) is 0.535. The van der Waals surface area contributed by atoms with Crippen LogP contribution in [0.5, 0.6) is 0 Å². The molecule has 0 aliphatic carbocycles. The lowest BCUT2D eigenvalue weighted by molar-refractivity contribution is -0.147. The molecule has 0 amide bonds. The van der Waals surface area contributed by atoms with Crippen LogP contribution in [0, 0.1) is 0 Å². The van der Waals surface area contributed by atoms with Crippen molar-refractivity contribution in [3.8, 4) is 0 Å². The number of aliphatic hydroxyl groups excluding tert-OH is 1. The van der Waals surface area contributed by atoms with E-state index >= 15 is 0 Å². The Hall–Kier alpha value is -0.340. The smallest absolute Gasteiger partial charge is 0.155 e. The van der Waals surface area contributed by atoms with Crippen molar-refractivity contribution in [2.24, 2.45) is 0 Å². The van der Waals surface area contributed by atoms with Gasteiger partial charge in [-0.2, -0.15) is 0 Å². The number of ether oxygens (including phenoxy) is 1. The molecule has 0 radical (unpaired) electrons. The van der Waals surface area contributed by atoms with Crippen LogP contribution in [-0.4, -0.2) is 17.5 Å². The molecule has 0 aromatic heterocycles. The fourth-order valence-corrected chi connectivity index (χ4v) is 1.00. The first kappa shape index (κ1) is 6.78. The average Bonchev–Trinajstić information content (AvgIpc) is 1.88. The standard InChI is InChI=1S/C7H12O2/c1-2-6-4-3-5-7(8)9-6/h2,6-8H,1,3-5H2/t6-,7+/m1/s1. The van der Waals surface area contributed by atoms with E-state index in [-0.39, 0.29) is 6.10 Å². The summed E-state index contributed by atoms with van der Waals surface area (Å²) in [6, 6.07) is 0. The molecule has 2 nitrogen and oxygen atoms in total. The van der Waals surface area contributed by atoms with Crippen molar-refractivity contribution in [2.45, 2.75) is 31.7 Å². The summed E-state index contributed by atoms with van der Waals surface area (Å²) in [5.41, 5.74) is 0. The van der Waals surface area contributed by atoms with Gasteiger partial charge in [0.2, 0.25) is 0 Å². The molecule has 0 aromatic rings. The molecule has 1 N–H and O–H groups in total. The van der Waals surface area contributed by atoms with E-state index in [0.717, 1.165) is 19.3 Å². The molecule has 1 aliphatic rings. The highest BCUT2D eigenvalue weighted by molar-refractivity contribution is 4.82. The molecule has 52 valence electrons. The maximum atomic E-state index is 8.94. The fraction of sp³-hybridized carbons (Fsp3) is 0.714. The Morgan fingerprint density at radius 2 is 2.33 bits per heavy atom. The van der Waals surface area contributed by atoms with Gasteiger partial charge < -0.3 is 9.84 Å². The van der Waals surface area contributed by atoms with Crippen LogP contribution in [0.25, 0.3) is 0 Å². The van der Waals surface area contributed by atoms with Crippen LogP contribution in [0.15, 0.2) is 12.7 Å². The molecule has 9 heavy (non-hydrogen) atoms. The van der Waals surface area contributed by atoms with Crippen molar-refractivity contribution in [2.75, 3.05) is 0 Å². The fourth-order valence-electron chi connectivity index (χ4n) is 1.00. The van der Waals surface area contributed by atoms with Crippen LogP contribution >= 0.6 is 0 Å². The molecule has 0 bridgehead atoms. The maximum Gasteiger partial charge on any atom is 0.155 e. The number of aliphatic hydroxyl groups is 1. The zero-order chi connectivity index (χ0) is 6.69. The predicted octanol–water partition coefficient (Wildman–Crippen LogP) is 1.06. The zero-order valence-corrected chi connectivity index (χ0v) is 5.42. The van der Waals surface area contributed by atoms with Crippen molar-refractivity contribution in [1.29, 1.82) is 0 Å². The molecule has 1 heterocycles. The van der Waals surface area contributed by atoms with Crippen molar-refractivity contribution in [3.05, 3.63) is 12.7 Å². The van der Waals surface area contributed by atoms with E-state index in [1.165, 1.54) is 0 Å². The lowest BCUT2D eigenvalue weighted by atomic mass is 10.1. The summed E-state index contributed by atoms with van der Waals surface area (Å²) in [6.07, 6.45) is 4.07. The van der Waals surface area contributed by atoms with Crippen LogP contribution in [0.4, 0.5) is 0 Å². The van der Waals surface area contributed by atoms with Crippen molar-refractivity contribution in [1.82, 2.24) is 0 Å². The Morgan fingerprint density at radius 3 is 2.78 bits per heavy atom. The van der Waals surface area contributed by atoms with Gasteiger partial charge in [-0.25, -0.2) is 0 Å². The van der Waals surface area contributed by atoms with Gasteiger partial charge >= 0.3 is 0 Å². The third kappa shape index (κ3) is 1.80. The van der Waals surface area contributed by atoms with E-state index in [1.54, 1.807) is 6.08 Å². The van der Waals surface area contributed by atoms with Gasteiger partial charge in [0.15, 0.2) is 6.29 Å². The number of hydrogen-bond donors (Lipinski definition) is 1. The van der Waals surface area contributed by atoms with Crippen LogP contribution in [0.2, 0.25) is 0 Å². The molecule has 0 unspecified atom stereocenters. The molecule has 0 aromatic carbocycles. The predicted molar refractivity (Wildman–Crippen MR) is 34.9 cm³/mol. The summed E-state index contributed by atoms with van der Waals surface area (Å²) < 4.78 is 5.07. The minimum absolute atomic E-state index is 0.0775. The molecule has 1 fully saturated rings. The number of hydrogen-bond acceptors (Lipinski definition) is 2.